The van der Waals surface area contributed by atoms with Gasteiger partial charge in [0.15, 0.2) is 0 Å². The lowest BCUT2D eigenvalue weighted by atomic mass is 10.1. The first-order valence-electron chi connectivity index (χ1n) is 7.53. The Kier molecular flexibility index (Phi) is 5.10. The molecule has 0 unspecified atom stereocenters. The van der Waals surface area contributed by atoms with E-state index in [9.17, 15) is 19.7 Å². The lowest BCUT2D eigenvalue weighted by Crippen LogP contribution is -2.55. The highest BCUT2D eigenvalue weighted by molar-refractivity contribution is 5.95. The number of hydrogen-bond acceptors (Lipinski definition) is 5. The lowest BCUT2D eigenvalue weighted by molar-refractivity contribution is -0.384. The Morgan fingerprint density at radius 3 is 2.00 bits per heavy atom. The molecular formula is C15H19ClN4O4. The molecular weight excluding hydrogens is 336 g/mol. The minimum atomic E-state index is -0.676. The summed E-state index contributed by atoms with van der Waals surface area (Å²) in [5.41, 5.74) is 5.61. The van der Waals surface area contributed by atoms with Crippen LogP contribution in [-0.4, -0.2) is 58.3 Å². The Bertz CT molecular complexity index is 652. The van der Waals surface area contributed by atoms with Crippen LogP contribution in [0.4, 0.5) is 5.69 Å². The van der Waals surface area contributed by atoms with Gasteiger partial charge in [-0.25, -0.2) is 0 Å². The molecule has 0 bridgehead atoms. The molecule has 2 aliphatic rings. The Balaban J connectivity index is 0.00000208. The van der Waals surface area contributed by atoms with E-state index in [0.717, 1.165) is 12.8 Å². The number of nitro benzene ring substituents is 1. The minimum absolute atomic E-state index is 0. The van der Waals surface area contributed by atoms with Crippen LogP contribution in [0.2, 0.25) is 0 Å². The van der Waals surface area contributed by atoms with Crippen LogP contribution in [0, 0.1) is 10.1 Å². The van der Waals surface area contributed by atoms with Crippen molar-refractivity contribution in [3.05, 3.63) is 39.9 Å². The molecule has 130 valence electrons. The molecule has 0 atom stereocenters. The second-order valence-corrected chi connectivity index (χ2v) is 6.04. The van der Waals surface area contributed by atoms with Crippen LogP contribution in [0.15, 0.2) is 24.3 Å². The first kappa shape index (κ1) is 18.2. The molecule has 0 aromatic heterocycles. The maximum absolute atomic E-state index is 12.4. The quantitative estimate of drug-likeness (QED) is 0.637. The number of piperazine rings is 1. The molecule has 1 aliphatic heterocycles. The molecule has 2 N–H and O–H groups in total. The zero-order valence-corrected chi connectivity index (χ0v) is 13.8. The van der Waals surface area contributed by atoms with Gasteiger partial charge in [-0.15, -0.1) is 12.4 Å². The van der Waals surface area contributed by atoms with Crippen molar-refractivity contribution >= 4 is 29.9 Å². The van der Waals surface area contributed by atoms with Crippen molar-refractivity contribution in [2.75, 3.05) is 26.2 Å². The number of nitrogens with two attached hydrogens (primary N) is 1. The summed E-state index contributed by atoms with van der Waals surface area (Å²) in [6.07, 6.45) is 1.46. The van der Waals surface area contributed by atoms with E-state index in [0.29, 0.717) is 31.7 Å². The fourth-order valence-electron chi connectivity index (χ4n) is 2.68. The Labute approximate surface area is 145 Å². The van der Waals surface area contributed by atoms with Crippen LogP contribution in [-0.2, 0) is 4.79 Å². The average Bonchev–Trinajstić information content (AvgIpc) is 3.32. The number of non-ortho nitro benzene ring substituents is 1. The highest BCUT2D eigenvalue weighted by Crippen LogP contribution is 2.34. The van der Waals surface area contributed by atoms with E-state index in [4.69, 9.17) is 5.73 Å². The first-order valence-corrected chi connectivity index (χ1v) is 7.53. The van der Waals surface area contributed by atoms with E-state index in [1.54, 1.807) is 9.80 Å². The van der Waals surface area contributed by atoms with Gasteiger partial charge < -0.3 is 15.5 Å². The van der Waals surface area contributed by atoms with Gasteiger partial charge in [0, 0.05) is 43.9 Å². The van der Waals surface area contributed by atoms with Gasteiger partial charge in [0.2, 0.25) is 5.91 Å². The number of nitrogens with zero attached hydrogens (tertiary/aromatic N) is 3. The molecule has 1 saturated heterocycles. The molecule has 3 rings (SSSR count). The summed E-state index contributed by atoms with van der Waals surface area (Å²) in [4.78, 5) is 38.1. The fourth-order valence-corrected chi connectivity index (χ4v) is 2.68. The number of halogens is 1. The molecule has 2 amide bonds. The van der Waals surface area contributed by atoms with Crippen molar-refractivity contribution in [2.24, 2.45) is 5.73 Å². The van der Waals surface area contributed by atoms with Gasteiger partial charge in [0.05, 0.1) is 10.5 Å². The number of carbonyl (C=O) groups is 2. The summed E-state index contributed by atoms with van der Waals surface area (Å²) < 4.78 is 0. The third-order valence-corrected chi connectivity index (χ3v) is 4.39. The maximum Gasteiger partial charge on any atom is 0.269 e. The van der Waals surface area contributed by atoms with E-state index in [1.165, 1.54) is 24.3 Å². The second-order valence-electron chi connectivity index (χ2n) is 6.04. The highest BCUT2D eigenvalue weighted by Gasteiger charge is 2.48. The summed E-state index contributed by atoms with van der Waals surface area (Å²) in [5, 5.41) is 10.6. The molecule has 0 radical (unpaired) electrons. The smallest absolute Gasteiger partial charge is 0.269 e. The van der Waals surface area contributed by atoms with Gasteiger partial charge in [-0.05, 0) is 25.0 Å². The van der Waals surface area contributed by atoms with Gasteiger partial charge >= 0.3 is 0 Å². The third-order valence-electron chi connectivity index (χ3n) is 4.39. The normalized spacial score (nSPS) is 18.5. The zero-order valence-electron chi connectivity index (χ0n) is 13.0. The van der Waals surface area contributed by atoms with Crippen LogP contribution in [0.25, 0.3) is 0 Å². The van der Waals surface area contributed by atoms with Gasteiger partial charge in [0.1, 0.15) is 0 Å². The Morgan fingerprint density at radius 1 is 1.04 bits per heavy atom. The standard InChI is InChI=1S/C15H18N4O4.ClH/c16-15(5-6-15)14(21)18-9-7-17(8-10-18)13(20)11-1-3-12(4-2-11)19(22)23;/h1-4H,5-10,16H2;1H. The van der Waals surface area contributed by atoms with E-state index in [1.807, 2.05) is 0 Å². The monoisotopic (exact) mass is 354 g/mol. The predicted octanol–water partition coefficient (Wildman–Crippen LogP) is 0.792. The SMILES string of the molecule is Cl.NC1(C(=O)N2CCN(C(=O)c3ccc([N+](=O)[O-])cc3)CC2)CC1. The molecule has 1 saturated carbocycles. The summed E-state index contributed by atoms with van der Waals surface area (Å²) in [5.74, 6) is -0.208. The van der Waals surface area contributed by atoms with Crippen LogP contribution in [0.5, 0.6) is 0 Å². The molecule has 2 fully saturated rings. The molecule has 0 spiro atoms. The molecule has 8 nitrogen and oxygen atoms in total. The predicted molar refractivity (Wildman–Crippen MR) is 89.0 cm³/mol. The van der Waals surface area contributed by atoms with Crippen molar-refractivity contribution in [1.29, 1.82) is 0 Å². The maximum atomic E-state index is 12.4. The summed E-state index contributed by atoms with van der Waals surface area (Å²) in [7, 11) is 0. The average molecular weight is 355 g/mol. The van der Waals surface area contributed by atoms with Crippen molar-refractivity contribution in [1.82, 2.24) is 9.80 Å². The number of hydrogen-bond donors (Lipinski definition) is 1. The van der Waals surface area contributed by atoms with Crippen LogP contribution >= 0.6 is 12.4 Å². The molecule has 1 aromatic carbocycles. The summed E-state index contributed by atoms with van der Waals surface area (Å²) >= 11 is 0. The number of carbonyl (C=O) groups excluding carboxylic acids is 2. The first-order chi connectivity index (χ1) is 10.9. The highest BCUT2D eigenvalue weighted by atomic mass is 35.5. The topological polar surface area (TPSA) is 110 Å². The van der Waals surface area contributed by atoms with Crippen LogP contribution < -0.4 is 5.73 Å². The Hall–Kier alpha value is -2.19. The van der Waals surface area contributed by atoms with Gasteiger partial charge in [-0.3, -0.25) is 19.7 Å². The molecule has 24 heavy (non-hydrogen) atoms. The van der Waals surface area contributed by atoms with E-state index < -0.39 is 10.5 Å². The Morgan fingerprint density at radius 2 is 1.54 bits per heavy atom. The van der Waals surface area contributed by atoms with Crippen molar-refractivity contribution in [2.45, 2.75) is 18.4 Å². The molecule has 9 heteroatoms. The van der Waals surface area contributed by atoms with Gasteiger partial charge in [0.25, 0.3) is 11.6 Å². The number of rotatable bonds is 3. The van der Waals surface area contributed by atoms with Crippen LogP contribution in [0.3, 0.4) is 0 Å². The molecule has 1 aliphatic carbocycles. The van der Waals surface area contributed by atoms with E-state index in [-0.39, 0.29) is 29.9 Å². The van der Waals surface area contributed by atoms with Crippen molar-refractivity contribution in [3.8, 4) is 0 Å². The fraction of sp³-hybridized carbons (Fsp3) is 0.467. The molecule has 1 heterocycles. The van der Waals surface area contributed by atoms with Gasteiger partial charge in [-0.1, -0.05) is 0 Å². The van der Waals surface area contributed by atoms with E-state index >= 15 is 0 Å². The summed E-state index contributed by atoms with van der Waals surface area (Å²) in [6, 6.07) is 5.55. The summed E-state index contributed by atoms with van der Waals surface area (Å²) in [6.45, 7) is 1.82. The van der Waals surface area contributed by atoms with Crippen LogP contribution in [0.1, 0.15) is 23.2 Å². The van der Waals surface area contributed by atoms with Crippen molar-refractivity contribution in [3.63, 3.8) is 0 Å². The van der Waals surface area contributed by atoms with Crippen molar-refractivity contribution < 1.29 is 14.5 Å². The van der Waals surface area contributed by atoms with Gasteiger partial charge in [-0.2, -0.15) is 0 Å². The third kappa shape index (κ3) is 3.49. The number of nitro groups is 1. The van der Waals surface area contributed by atoms with E-state index in [2.05, 4.69) is 0 Å². The number of benzene rings is 1. The largest absolute Gasteiger partial charge is 0.338 e. The number of amides is 2. The lowest BCUT2D eigenvalue weighted by Gasteiger charge is -2.36. The molecule has 1 aromatic rings. The zero-order chi connectivity index (χ0) is 16.6. The minimum Gasteiger partial charge on any atom is -0.338 e. The second kappa shape index (κ2) is 6.74.